The Morgan fingerprint density at radius 3 is 1.76 bits per heavy atom. The van der Waals surface area contributed by atoms with E-state index in [9.17, 15) is 19.8 Å². The van der Waals surface area contributed by atoms with Gasteiger partial charge in [0.1, 0.15) is 0 Å². The summed E-state index contributed by atoms with van der Waals surface area (Å²) < 4.78 is 11.9. The summed E-state index contributed by atoms with van der Waals surface area (Å²) in [5.41, 5.74) is 0. The Hall–Kier alpha value is -1.14. The van der Waals surface area contributed by atoms with Crippen LogP contribution in [-0.4, -0.2) is 40.6 Å². The highest BCUT2D eigenvalue weighted by Gasteiger charge is 2.62. The van der Waals surface area contributed by atoms with Gasteiger partial charge in [-0.2, -0.15) is 0 Å². The van der Waals surface area contributed by atoms with Crippen molar-refractivity contribution in [3.8, 4) is 0 Å². The van der Waals surface area contributed by atoms with E-state index in [-0.39, 0.29) is 30.3 Å². The first-order valence-electron chi connectivity index (χ1n) is 7.66. The number of hydrogen-bond donors (Lipinski definition) is 2. The first-order chi connectivity index (χ1) is 9.90. The maximum Gasteiger partial charge on any atom is 0.307 e. The van der Waals surface area contributed by atoms with Crippen molar-refractivity contribution < 1.29 is 29.3 Å². The topological polar surface area (TPSA) is 93.1 Å². The van der Waals surface area contributed by atoms with E-state index in [0.29, 0.717) is 18.8 Å². The van der Waals surface area contributed by atoms with Gasteiger partial charge in [-0.05, 0) is 18.8 Å². The van der Waals surface area contributed by atoms with Crippen molar-refractivity contribution >= 4 is 11.9 Å². The van der Waals surface area contributed by atoms with Crippen molar-refractivity contribution in [3.63, 3.8) is 0 Å². The van der Waals surface area contributed by atoms with Gasteiger partial charge < -0.3 is 19.7 Å². The molecule has 2 N–H and O–H groups in total. The third-order valence-corrected chi connectivity index (χ3v) is 5.16. The van der Waals surface area contributed by atoms with E-state index in [2.05, 4.69) is 13.8 Å². The van der Waals surface area contributed by atoms with Crippen molar-refractivity contribution in [2.24, 2.45) is 29.6 Å². The van der Waals surface area contributed by atoms with E-state index in [1.807, 2.05) is 0 Å². The molecule has 0 spiro atoms. The van der Waals surface area contributed by atoms with E-state index in [1.54, 1.807) is 0 Å². The molecule has 0 amide bonds. The monoisotopic (exact) mass is 298 g/mol. The third kappa shape index (κ3) is 2.34. The van der Waals surface area contributed by atoms with Gasteiger partial charge >= 0.3 is 11.9 Å². The smallest absolute Gasteiger partial charge is 0.307 e. The van der Waals surface area contributed by atoms with Gasteiger partial charge in [0.25, 0.3) is 0 Å². The molecule has 3 saturated carbocycles. The van der Waals surface area contributed by atoms with Crippen LogP contribution in [0.4, 0.5) is 0 Å². The summed E-state index contributed by atoms with van der Waals surface area (Å²) >= 11 is 0. The zero-order chi connectivity index (χ0) is 15.3. The largest absolute Gasteiger partial charge is 0.481 e. The summed E-state index contributed by atoms with van der Waals surface area (Å²) in [7, 11) is 0. The van der Waals surface area contributed by atoms with Crippen LogP contribution in [0.1, 0.15) is 33.1 Å². The van der Waals surface area contributed by atoms with E-state index in [4.69, 9.17) is 9.47 Å². The second-order valence-electron chi connectivity index (χ2n) is 6.89. The lowest BCUT2D eigenvalue weighted by molar-refractivity contribution is -0.178. The summed E-state index contributed by atoms with van der Waals surface area (Å²) in [5.74, 6) is -3.85. The van der Waals surface area contributed by atoms with Crippen LogP contribution < -0.4 is 0 Å². The Labute approximate surface area is 123 Å². The van der Waals surface area contributed by atoms with Crippen LogP contribution in [0.15, 0.2) is 0 Å². The minimum Gasteiger partial charge on any atom is -0.481 e. The molecule has 3 aliphatic carbocycles. The molecular formula is C15H22O6. The Balaban J connectivity index is 1.86. The van der Waals surface area contributed by atoms with Crippen molar-refractivity contribution in [2.45, 2.75) is 51.6 Å². The summed E-state index contributed by atoms with van der Waals surface area (Å²) in [6.07, 6.45) is 1.33. The Morgan fingerprint density at radius 1 is 1.00 bits per heavy atom. The Kier molecular flexibility index (Phi) is 3.69. The molecule has 0 aromatic heterocycles. The number of rotatable bonds is 4. The lowest BCUT2D eigenvalue weighted by Gasteiger charge is -2.49. The summed E-state index contributed by atoms with van der Waals surface area (Å²) in [6, 6.07) is 0. The molecule has 0 aromatic rings. The molecule has 6 heteroatoms. The van der Waals surface area contributed by atoms with E-state index < -0.39 is 23.8 Å². The molecule has 21 heavy (non-hydrogen) atoms. The summed E-state index contributed by atoms with van der Waals surface area (Å²) in [5, 5.41) is 18.9. The second-order valence-corrected chi connectivity index (χ2v) is 6.89. The standard InChI is InChI=1S/C15H22O6/c1-6(2)5-9-20-12-7-3-4-8(13(12)21-9)11(15(18)19)10(7)14(16)17/h6-13H,3-5H2,1-2H3,(H,16,17)(H,18,19). The molecular weight excluding hydrogens is 276 g/mol. The van der Waals surface area contributed by atoms with Gasteiger partial charge in [-0.15, -0.1) is 0 Å². The highest BCUT2D eigenvalue weighted by Crippen LogP contribution is 2.54. The second kappa shape index (κ2) is 5.25. The van der Waals surface area contributed by atoms with Crippen molar-refractivity contribution in [1.82, 2.24) is 0 Å². The fraction of sp³-hybridized carbons (Fsp3) is 0.867. The molecule has 118 valence electrons. The predicted octanol–water partition coefficient (Wildman–Crippen LogP) is 1.58. The van der Waals surface area contributed by atoms with E-state index >= 15 is 0 Å². The number of carbonyl (C=O) groups is 2. The number of fused-ring (bicyclic) bond motifs is 2. The van der Waals surface area contributed by atoms with Crippen LogP contribution >= 0.6 is 0 Å². The normalized spacial score (nSPS) is 44.8. The lowest BCUT2D eigenvalue weighted by atomic mass is 9.56. The van der Waals surface area contributed by atoms with E-state index in [0.717, 1.165) is 6.42 Å². The SMILES string of the molecule is CC(C)CC1OC2C3CCC(C2O1)C(C(=O)O)C3C(=O)O. The average molecular weight is 298 g/mol. The van der Waals surface area contributed by atoms with Crippen LogP contribution in [0.3, 0.4) is 0 Å². The molecule has 1 saturated heterocycles. The van der Waals surface area contributed by atoms with Crippen molar-refractivity contribution in [2.75, 3.05) is 0 Å². The maximum absolute atomic E-state index is 11.5. The molecule has 6 atom stereocenters. The number of hydrogen-bond acceptors (Lipinski definition) is 4. The van der Waals surface area contributed by atoms with Crippen LogP contribution in [0.2, 0.25) is 0 Å². The number of carboxylic acid groups (broad SMARTS) is 2. The van der Waals surface area contributed by atoms with Gasteiger partial charge in [0.2, 0.25) is 0 Å². The Bertz CT molecular complexity index is 411. The first kappa shape index (κ1) is 14.8. The minimum atomic E-state index is -1.02. The fourth-order valence-electron chi connectivity index (χ4n) is 4.41. The molecule has 2 bridgehead atoms. The van der Waals surface area contributed by atoms with Crippen molar-refractivity contribution in [3.05, 3.63) is 0 Å². The zero-order valence-electron chi connectivity index (χ0n) is 12.3. The first-order valence-corrected chi connectivity index (χ1v) is 7.66. The molecule has 0 aromatic carbocycles. The van der Waals surface area contributed by atoms with Gasteiger partial charge in [-0.1, -0.05) is 13.8 Å². The zero-order valence-corrected chi connectivity index (χ0v) is 12.3. The number of ether oxygens (including phenoxy) is 2. The van der Waals surface area contributed by atoms with Gasteiger partial charge in [0.15, 0.2) is 6.29 Å². The van der Waals surface area contributed by atoms with Crippen molar-refractivity contribution in [1.29, 1.82) is 0 Å². The molecule has 0 radical (unpaired) electrons. The van der Waals surface area contributed by atoms with E-state index in [1.165, 1.54) is 0 Å². The van der Waals surface area contributed by atoms with Crippen LogP contribution in [0, 0.1) is 29.6 Å². The summed E-state index contributed by atoms with van der Waals surface area (Å²) in [4.78, 5) is 23.1. The lowest BCUT2D eigenvalue weighted by Crippen LogP contribution is -2.59. The molecule has 4 fully saturated rings. The fourth-order valence-corrected chi connectivity index (χ4v) is 4.41. The molecule has 4 rings (SSSR count). The predicted molar refractivity (Wildman–Crippen MR) is 71.5 cm³/mol. The quantitative estimate of drug-likeness (QED) is 0.818. The molecule has 4 aliphatic rings. The van der Waals surface area contributed by atoms with Crippen LogP contribution in [-0.2, 0) is 19.1 Å². The van der Waals surface area contributed by atoms with Gasteiger partial charge in [0.05, 0.1) is 24.0 Å². The van der Waals surface area contributed by atoms with Gasteiger partial charge in [-0.3, -0.25) is 9.59 Å². The Morgan fingerprint density at radius 2 is 1.43 bits per heavy atom. The number of carboxylic acids is 2. The summed E-state index contributed by atoms with van der Waals surface area (Å²) in [6.45, 7) is 4.15. The molecule has 1 heterocycles. The average Bonchev–Trinajstić information content (AvgIpc) is 2.81. The maximum atomic E-state index is 11.5. The minimum absolute atomic E-state index is 0.254. The highest BCUT2D eigenvalue weighted by molar-refractivity contribution is 5.81. The number of aliphatic carboxylic acids is 2. The molecule has 6 unspecified atom stereocenters. The van der Waals surface area contributed by atoms with Gasteiger partial charge in [-0.25, -0.2) is 0 Å². The third-order valence-electron chi connectivity index (χ3n) is 5.16. The molecule has 6 nitrogen and oxygen atoms in total. The highest BCUT2D eigenvalue weighted by atomic mass is 16.7. The van der Waals surface area contributed by atoms with Crippen LogP contribution in [0.5, 0.6) is 0 Å². The molecule has 1 aliphatic heterocycles. The van der Waals surface area contributed by atoms with Gasteiger partial charge in [0, 0.05) is 18.3 Å². The van der Waals surface area contributed by atoms with Crippen LogP contribution in [0.25, 0.3) is 0 Å².